The number of morpholine rings is 1. The second kappa shape index (κ2) is 6.89. The number of fused-ring (bicyclic) bond motifs is 1. The van der Waals surface area contributed by atoms with Gasteiger partial charge in [-0.2, -0.15) is 0 Å². The first kappa shape index (κ1) is 15.6. The molecule has 126 valence electrons. The maximum absolute atomic E-state index is 10.4. The van der Waals surface area contributed by atoms with Crippen LogP contribution in [0.5, 0.6) is 0 Å². The lowest BCUT2D eigenvalue weighted by Crippen LogP contribution is -2.50. The van der Waals surface area contributed by atoms with Crippen LogP contribution in [0.3, 0.4) is 0 Å². The maximum atomic E-state index is 10.4. The summed E-state index contributed by atoms with van der Waals surface area (Å²) in [6.07, 6.45) is 4.69. The lowest BCUT2D eigenvalue weighted by atomic mass is 9.91. The molecule has 4 unspecified atom stereocenters. The molecule has 4 atom stereocenters. The van der Waals surface area contributed by atoms with Crippen LogP contribution in [0.1, 0.15) is 31.2 Å². The SMILES string of the molecule is OC1CCCCC1N1CC2OCCN(Cc3ccccc3)C2C1. The standard InChI is InChI=1S/C19H28N2O2/c22-18-9-5-4-8-16(18)21-13-17-19(14-21)23-11-10-20(17)12-15-6-2-1-3-7-15/h1-3,6-7,16-19,22H,4-5,8-14H2. The number of nitrogens with zero attached hydrogens (tertiary/aromatic N) is 2. The number of rotatable bonds is 3. The van der Waals surface area contributed by atoms with E-state index in [4.69, 9.17) is 4.74 Å². The van der Waals surface area contributed by atoms with E-state index in [1.807, 2.05) is 0 Å². The van der Waals surface area contributed by atoms with E-state index in [0.29, 0.717) is 18.2 Å². The zero-order valence-corrected chi connectivity index (χ0v) is 13.8. The summed E-state index contributed by atoms with van der Waals surface area (Å²) in [6.45, 7) is 4.87. The first-order chi connectivity index (χ1) is 11.3. The summed E-state index contributed by atoms with van der Waals surface area (Å²) in [4.78, 5) is 5.08. The van der Waals surface area contributed by atoms with Crippen molar-refractivity contribution < 1.29 is 9.84 Å². The van der Waals surface area contributed by atoms with E-state index in [9.17, 15) is 5.11 Å². The van der Waals surface area contributed by atoms with Crippen molar-refractivity contribution in [2.45, 2.75) is 56.5 Å². The minimum absolute atomic E-state index is 0.147. The van der Waals surface area contributed by atoms with Crippen LogP contribution >= 0.6 is 0 Å². The van der Waals surface area contributed by atoms with Gasteiger partial charge in [0.1, 0.15) is 0 Å². The summed E-state index contributed by atoms with van der Waals surface area (Å²) in [5, 5.41) is 10.4. The second-order valence-electron chi connectivity index (χ2n) is 7.31. The van der Waals surface area contributed by atoms with Crippen molar-refractivity contribution in [3.8, 4) is 0 Å². The zero-order chi connectivity index (χ0) is 15.6. The Bertz CT molecular complexity index is 509. The van der Waals surface area contributed by atoms with Crippen LogP contribution in [0.4, 0.5) is 0 Å². The summed E-state index contributed by atoms with van der Waals surface area (Å²) < 4.78 is 6.06. The van der Waals surface area contributed by atoms with Gasteiger partial charge in [-0.1, -0.05) is 43.2 Å². The molecule has 3 fully saturated rings. The third-order valence-electron chi connectivity index (χ3n) is 5.84. The summed E-state index contributed by atoms with van der Waals surface area (Å²) in [5.74, 6) is 0. The van der Waals surface area contributed by atoms with Gasteiger partial charge in [0.05, 0.1) is 24.9 Å². The Kier molecular flexibility index (Phi) is 4.67. The average molecular weight is 316 g/mol. The van der Waals surface area contributed by atoms with Crippen molar-refractivity contribution in [2.75, 3.05) is 26.2 Å². The highest BCUT2D eigenvalue weighted by molar-refractivity contribution is 5.15. The lowest BCUT2D eigenvalue weighted by molar-refractivity contribution is -0.0510. The van der Waals surface area contributed by atoms with Crippen LogP contribution in [0, 0.1) is 0 Å². The highest BCUT2D eigenvalue weighted by atomic mass is 16.5. The Hall–Kier alpha value is -0.940. The van der Waals surface area contributed by atoms with Crippen molar-refractivity contribution in [2.24, 2.45) is 0 Å². The van der Waals surface area contributed by atoms with Gasteiger partial charge in [-0.25, -0.2) is 0 Å². The normalized spacial score (nSPS) is 36.0. The highest BCUT2D eigenvalue weighted by Crippen LogP contribution is 2.30. The van der Waals surface area contributed by atoms with Gasteiger partial charge in [0.25, 0.3) is 0 Å². The van der Waals surface area contributed by atoms with Gasteiger partial charge >= 0.3 is 0 Å². The molecule has 0 spiro atoms. The number of aliphatic hydroxyl groups excluding tert-OH is 1. The Morgan fingerprint density at radius 2 is 1.87 bits per heavy atom. The number of aliphatic hydroxyl groups is 1. The van der Waals surface area contributed by atoms with Crippen molar-refractivity contribution >= 4 is 0 Å². The number of hydrogen-bond acceptors (Lipinski definition) is 4. The van der Waals surface area contributed by atoms with Crippen LogP contribution in [-0.4, -0.2) is 65.4 Å². The summed E-state index contributed by atoms with van der Waals surface area (Å²) in [5.41, 5.74) is 1.38. The van der Waals surface area contributed by atoms with Crippen LogP contribution in [-0.2, 0) is 11.3 Å². The van der Waals surface area contributed by atoms with E-state index >= 15 is 0 Å². The molecule has 1 saturated carbocycles. The fourth-order valence-electron chi connectivity index (χ4n) is 4.59. The van der Waals surface area contributed by atoms with Crippen molar-refractivity contribution in [3.63, 3.8) is 0 Å². The van der Waals surface area contributed by atoms with Gasteiger partial charge in [0.2, 0.25) is 0 Å². The van der Waals surface area contributed by atoms with Crippen molar-refractivity contribution in [1.29, 1.82) is 0 Å². The molecule has 4 rings (SSSR count). The third kappa shape index (κ3) is 3.31. The van der Waals surface area contributed by atoms with E-state index in [1.165, 1.54) is 18.4 Å². The Balaban J connectivity index is 1.44. The van der Waals surface area contributed by atoms with Gasteiger partial charge in [-0.3, -0.25) is 9.80 Å². The van der Waals surface area contributed by atoms with Gasteiger partial charge in [-0.15, -0.1) is 0 Å². The molecule has 0 radical (unpaired) electrons. The summed E-state index contributed by atoms with van der Waals surface area (Å²) in [6, 6.07) is 11.5. The molecule has 4 nitrogen and oxygen atoms in total. The predicted octanol–water partition coefficient (Wildman–Crippen LogP) is 1.88. The fourth-order valence-corrected chi connectivity index (χ4v) is 4.59. The molecule has 1 aromatic carbocycles. The van der Waals surface area contributed by atoms with Crippen LogP contribution in [0.15, 0.2) is 30.3 Å². The molecule has 2 saturated heterocycles. The van der Waals surface area contributed by atoms with E-state index in [1.54, 1.807) is 0 Å². The zero-order valence-electron chi connectivity index (χ0n) is 13.8. The molecular formula is C19H28N2O2. The van der Waals surface area contributed by atoms with Crippen LogP contribution < -0.4 is 0 Å². The Labute approximate surface area is 139 Å². The molecule has 0 bridgehead atoms. The van der Waals surface area contributed by atoms with E-state index in [2.05, 4.69) is 40.1 Å². The second-order valence-corrected chi connectivity index (χ2v) is 7.31. The molecule has 2 aliphatic heterocycles. The lowest BCUT2D eigenvalue weighted by Gasteiger charge is -2.37. The van der Waals surface area contributed by atoms with E-state index in [0.717, 1.165) is 45.6 Å². The first-order valence-electron chi connectivity index (χ1n) is 9.13. The highest BCUT2D eigenvalue weighted by Gasteiger charge is 2.43. The van der Waals surface area contributed by atoms with Gasteiger partial charge in [0, 0.05) is 32.2 Å². The minimum atomic E-state index is -0.147. The smallest absolute Gasteiger partial charge is 0.0870 e. The molecule has 23 heavy (non-hydrogen) atoms. The average Bonchev–Trinajstić information content (AvgIpc) is 3.01. The molecular weight excluding hydrogens is 288 g/mol. The summed E-state index contributed by atoms with van der Waals surface area (Å²) >= 11 is 0. The quantitative estimate of drug-likeness (QED) is 0.924. The largest absolute Gasteiger partial charge is 0.391 e. The van der Waals surface area contributed by atoms with Crippen LogP contribution in [0.2, 0.25) is 0 Å². The third-order valence-corrected chi connectivity index (χ3v) is 5.84. The molecule has 1 aliphatic carbocycles. The minimum Gasteiger partial charge on any atom is -0.391 e. The summed E-state index contributed by atoms with van der Waals surface area (Å²) in [7, 11) is 0. The molecule has 3 aliphatic rings. The number of benzene rings is 1. The molecule has 1 N–H and O–H groups in total. The monoisotopic (exact) mass is 316 g/mol. The van der Waals surface area contributed by atoms with Crippen LogP contribution in [0.25, 0.3) is 0 Å². The van der Waals surface area contributed by atoms with Gasteiger partial charge < -0.3 is 9.84 Å². The molecule has 2 heterocycles. The first-order valence-corrected chi connectivity index (χ1v) is 9.13. The van der Waals surface area contributed by atoms with Crippen molar-refractivity contribution in [1.82, 2.24) is 9.80 Å². The number of hydrogen-bond donors (Lipinski definition) is 1. The van der Waals surface area contributed by atoms with E-state index in [-0.39, 0.29) is 6.10 Å². The topological polar surface area (TPSA) is 35.9 Å². The molecule has 0 aromatic heterocycles. The van der Waals surface area contributed by atoms with E-state index < -0.39 is 0 Å². The van der Waals surface area contributed by atoms with Crippen molar-refractivity contribution in [3.05, 3.63) is 35.9 Å². The molecule has 1 aromatic rings. The molecule has 4 heteroatoms. The number of ether oxygens (including phenoxy) is 1. The number of likely N-dealkylation sites (tertiary alicyclic amines) is 1. The fraction of sp³-hybridized carbons (Fsp3) is 0.684. The van der Waals surface area contributed by atoms with Gasteiger partial charge in [-0.05, 0) is 18.4 Å². The molecule has 0 amide bonds. The Morgan fingerprint density at radius 1 is 1.04 bits per heavy atom. The predicted molar refractivity (Wildman–Crippen MR) is 90.2 cm³/mol. The van der Waals surface area contributed by atoms with Gasteiger partial charge in [0.15, 0.2) is 0 Å². The Morgan fingerprint density at radius 3 is 2.70 bits per heavy atom. The maximum Gasteiger partial charge on any atom is 0.0870 e.